The van der Waals surface area contributed by atoms with Crippen LogP contribution < -0.4 is 16.0 Å². The Morgan fingerprint density at radius 1 is 1.10 bits per heavy atom. The normalized spacial score (nSPS) is 12.5. The van der Waals surface area contributed by atoms with E-state index in [0.29, 0.717) is 25.9 Å². The Morgan fingerprint density at radius 3 is 1.95 bits per heavy atom. The molecule has 1 fully saturated rings. The molecule has 0 radical (unpaired) electrons. The van der Waals surface area contributed by atoms with Crippen molar-refractivity contribution < 1.29 is 9.59 Å². The molecular weight excluding hydrogens is 266 g/mol. The van der Waals surface area contributed by atoms with Crippen molar-refractivity contribution in [2.75, 3.05) is 20.1 Å². The van der Waals surface area contributed by atoms with Gasteiger partial charge in [0, 0.05) is 25.6 Å². The SMILES string of the molecule is CC.CC.CCC(=O)NCCNC=O.CNC1CCCC1. The van der Waals surface area contributed by atoms with Crippen LogP contribution in [0.3, 0.4) is 0 Å². The smallest absolute Gasteiger partial charge is 0.219 e. The van der Waals surface area contributed by atoms with Crippen molar-refractivity contribution in [1.29, 1.82) is 0 Å². The third-order valence-electron chi connectivity index (χ3n) is 2.76. The Bertz CT molecular complexity index is 206. The van der Waals surface area contributed by atoms with Gasteiger partial charge in [-0.3, -0.25) is 9.59 Å². The summed E-state index contributed by atoms with van der Waals surface area (Å²) in [4.78, 5) is 20.2. The average molecular weight is 303 g/mol. The van der Waals surface area contributed by atoms with Gasteiger partial charge in [-0.25, -0.2) is 0 Å². The van der Waals surface area contributed by atoms with Crippen molar-refractivity contribution >= 4 is 12.3 Å². The first-order chi connectivity index (χ1) is 10.2. The van der Waals surface area contributed by atoms with Crippen molar-refractivity contribution in [3.8, 4) is 0 Å². The topological polar surface area (TPSA) is 70.2 Å². The molecular formula is C16H37N3O2. The van der Waals surface area contributed by atoms with Crippen molar-refractivity contribution in [1.82, 2.24) is 16.0 Å². The first-order valence-electron chi connectivity index (χ1n) is 8.35. The molecule has 0 aliphatic heterocycles. The van der Waals surface area contributed by atoms with Crippen molar-refractivity contribution in [3.63, 3.8) is 0 Å². The van der Waals surface area contributed by atoms with Crippen LogP contribution in [0.15, 0.2) is 0 Å². The van der Waals surface area contributed by atoms with Crippen LogP contribution in [0.5, 0.6) is 0 Å². The fourth-order valence-electron chi connectivity index (χ4n) is 1.67. The Balaban J connectivity index is -0.000000256. The molecule has 1 aliphatic carbocycles. The summed E-state index contributed by atoms with van der Waals surface area (Å²) < 4.78 is 0. The molecule has 5 heteroatoms. The molecule has 1 aliphatic rings. The van der Waals surface area contributed by atoms with Gasteiger partial charge in [0.15, 0.2) is 0 Å². The maximum absolute atomic E-state index is 10.5. The van der Waals surface area contributed by atoms with Gasteiger partial charge in [-0.1, -0.05) is 47.5 Å². The summed E-state index contributed by atoms with van der Waals surface area (Å²) in [7, 11) is 2.05. The number of rotatable bonds is 6. The fraction of sp³-hybridized carbons (Fsp3) is 0.875. The van der Waals surface area contributed by atoms with E-state index in [2.05, 4.69) is 23.0 Å². The van der Waals surface area contributed by atoms with Crippen LogP contribution in [0, 0.1) is 0 Å². The molecule has 0 aromatic carbocycles. The van der Waals surface area contributed by atoms with Crippen molar-refractivity contribution in [2.24, 2.45) is 0 Å². The van der Waals surface area contributed by atoms with Crippen molar-refractivity contribution in [2.45, 2.75) is 72.8 Å². The van der Waals surface area contributed by atoms with Crippen LogP contribution >= 0.6 is 0 Å². The van der Waals surface area contributed by atoms with Gasteiger partial charge in [-0.05, 0) is 19.9 Å². The van der Waals surface area contributed by atoms with E-state index in [9.17, 15) is 9.59 Å². The molecule has 0 heterocycles. The second-order valence-corrected chi connectivity index (χ2v) is 4.05. The van der Waals surface area contributed by atoms with Gasteiger partial charge in [-0.2, -0.15) is 0 Å². The minimum atomic E-state index is 0.00713. The highest BCUT2D eigenvalue weighted by atomic mass is 16.1. The second kappa shape index (κ2) is 24.0. The molecule has 0 aromatic rings. The quantitative estimate of drug-likeness (QED) is 0.521. The third-order valence-corrected chi connectivity index (χ3v) is 2.76. The van der Waals surface area contributed by atoms with Gasteiger partial charge < -0.3 is 16.0 Å². The summed E-state index contributed by atoms with van der Waals surface area (Å²) in [6.07, 6.45) is 6.77. The molecule has 0 atom stereocenters. The molecule has 0 aromatic heterocycles. The minimum Gasteiger partial charge on any atom is -0.357 e. The molecule has 0 saturated heterocycles. The minimum absolute atomic E-state index is 0.00713. The number of nitrogens with one attached hydrogen (secondary N) is 3. The molecule has 128 valence electrons. The molecule has 21 heavy (non-hydrogen) atoms. The van der Waals surface area contributed by atoms with Gasteiger partial charge in [0.2, 0.25) is 12.3 Å². The van der Waals surface area contributed by atoms with Crippen LogP contribution in [-0.2, 0) is 9.59 Å². The highest BCUT2D eigenvalue weighted by molar-refractivity contribution is 5.75. The molecule has 2 amide bonds. The van der Waals surface area contributed by atoms with Crippen LogP contribution in [0.2, 0.25) is 0 Å². The molecule has 0 bridgehead atoms. The van der Waals surface area contributed by atoms with E-state index < -0.39 is 0 Å². The van der Waals surface area contributed by atoms with E-state index in [1.807, 2.05) is 27.7 Å². The zero-order chi connectivity index (χ0) is 16.9. The van der Waals surface area contributed by atoms with Crippen LogP contribution in [0.1, 0.15) is 66.7 Å². The van der Waals surface area contributed by atoms with Crippen LogP contribution in [-0.4, -0.2) is 38.5 Å². The maximum atomic E-state index is 10.5. The van der Waals surface area contributed by atoms with Gasteiger partial charge in [0.25, 0.3) is 0 Å². The highest BCUT2D eigenvalue weighted by Crippen LogP contribution is 2.16. The predicted octanol–water partition coefficient (Wildman–Crippen LogP) is 2.46. The molecule has 5 nitrogen and oxygen atoms in total. The zero-order valence-corrected chi connectivity index (χ0v) is 14.9. The Morgan fingerprint density at radius 2 is 1.62 bits per heavy atom. The van der Waals surface area contributed by atoms with E-state index in [4.69, 9.17) is 0 Å². The van der Waals surface area contributed by atoms with Gasteiger partial charge >= 0.3 is 0 Å². The fourth-order valence-corrected chi connectivity index (χ4v) is 1.67. The molecule has 0 spiro atoms. The van der Waals surface area contributed by atoms with Gasteiger partial charge in [0.1, 0.15) is 0 Å². The first kappa shape index (κ1) is 24.9. The standard InChI is InChI=1S/C6H12N2O2.C6H13N.2C2H6/c1-2-6(10)8-4-3-7-5-9;1-7-6-4-2-3-5-6;2*1-2/h5H,2-4H2,1H3,(H,7,9)(H,8,10);6-7H,2-5H2,1H3;2*1-2H3. The largest absolute Gasteiger partial charge is 0.357 e. The third kappa shape index (κ3) is 21.4. The van der Waals surface area contributed by atoms with E-state index in [1.165, 1.54) is 25.7 Å². The average Bonchev–Trinajstić information content (AvgIpc) is 3.09. The van der Waals surface area contributed by atoms with Crippen molar-refractivity contribution in [3.05, 3.63) is 0 Å². The monoisotopic (exact) mass is 303 g/mol. The lowest BCUT2D eigenvalue weighted by molar-refractivity contribution is -0.120. The number of amides is 2. The summed E-state index contributed by atoms with van der Waals surface area (Å²) in [5.41, 5.74) is 0. The van der Waals surface area contributed by atoms with Crippen LogP contribution in [0.4, 0.5) is 0 Å². The number of hydrogen-bond acceptors (Lipinski definition) is 3. The van der Waals surface area contributed by atoms with E-state index >= 15 is 0 Å². The Labute approximate surface area is 131 Å². The predicted molar refractivity (Wildman–Crippen MR) is 91.4 cm³/mol. The maximum Gasteiger partial charge on any atom is 0.219 e. The zero-order valence-electron chi connectivity index (χ0n) is 14.9. The van der Waals surface area contributed by atoms with Crippen LogP contribution in [0.25, 0.3) is 0 Å². The lowest BCUT2D eigenvalue weighted by atomic mass is 10.3. The molecule has 1 rings (SSSR count). The number of carbonyl (C=O) groups is 2. The summed E-state index contributed by atoms with van der Waals surface area (Å²) in [5, 5.41) is 8.30. The highest BCUT2D eigenvalue weighted by Gasteiger charge is 2.10. The van der Waals surface area contributed by atoms with Gasteiger partial charge in [0.05, 0.1) is 0 Å². The first-order valence-corrected chi connectivity index (χ1v) is 8.35. The van der Waals surface area contributed by atoms with E-state index in [0.717, 1.165) is 6.04 Å². The summed E-state index contributed by atoms with van der Waals surface area (Å²) >= 11 is 0. The van der Waals surface area contributed by atoms with E-state index in [1.54, 1.807) is 6.92 Å². The Hall–Kier alpha value is -1.10. The molecule has 1 saturated carbocycles. The summed E-state index contributed by atoms with van der Waals surface area (Å²) in [6, 6.07) is 0.847. The molecule has 0 unspecified atom stereocenters. The van der Waals surface area contributed by atoms with Gasteiger partial charge in [-0.15, -0.1) is 0 Å². The summed E-state index contributed by atoms with van der Waals surface area (Å²) in [5.74, 6) is 0.00713. The lowest BCUT2D eigenvalue weighted by Gasteiger charge is -2.03. The second-order valence-electron chi connectivity index (χ2n) is 4.05. The molecule has 3 N–H and O–H groups in total. The summed E-state index contributed by atoms with van der Waals surface area (Å²) in [6.45, 7) is 10.8. The number of carbonyl (C=O) groups excluding carboxylic acids is 2. The van der Waals surface area contributed by atoms with E-state index in [-0.39, 0.29) is 5.91 Å². The number of hydrogen-bond donors (Lipinski definition) is 3. The lowest BCUT2D eigenvalue weighted by Crippen LogP contribution is -2.30. The Kier molecular flexibility index (Phi) is 28.4.